The van der Waals surface area contributed by atoms with Crippen molar-refractivity contribution in [2.24, 2.45) is 0 Å². The summed E-state index contributed by atoms with van der Waals surface area (Å²) in [4.78, 5) is 17.5. The molecule has 8 heteroatoms. The Morgan fingerprint density at radius 3 is 3.00 bits per heavy atom. The molecule has 2 heterocycles. The Morgan fingerprint density at radius 1 is 1.53 bits per heavy atom. The third-order valence-corrected chi connectivity index (χ3v) is 3.81. The topological polar surface area (TPSA) is 71.5 Å². The van der Waals surface area contributed by atoms with Gasteiger partial charge in [-0.2, -0.15) is 0 Å². The Balaban J connectivity index is 2.32. The van der Waals surface area contributed by atoms with Crippen molar-refractivity contribution in [3.63, 3.8) is 0 Å². The molecular weight excluding hydrogens is 256 g/mol. The number of aromatic amines is 1. The summed E-state index contributed by atoms with van der Waals surface area (Å²) < 4.78 is 0.715. The van der Waals surface area contributed by atoms with Crippen LogP contribution in [0.25, 0.3) is 0 Å². The van der Waals surface area contributed by atoms with Crippen molar-refractivity contribution in [3.8, 4) is 0 Å². The molecule has 0 unspecified atom stereocenters. The average molecular weight is 261 g/mol. The lowest BCUT2D eigenvalue weighted by Crippen LogP contribution is -2.07. The van der Waals surface area contributed by atoms with Gasteiger partial charge >= 0.3 is 0 Å². The molecule has 0 fully saturated rings. The molecule has 0 aromatic carbocycles. The molecule has 0 atom stereocenters. The first-order valence-corrected chi connectivity index (χ1v) is 5.89. The van der Waals surface area contributed by atoms with Crippen LogP contribution < -0.4 is 5.56 Å². The second-order valence-electron chi connectivity index (χ2n) is 2.54. The van der Waals surface area contributed by atoms with E-state index in [2.05, 4.69) is 20.2 Å². The van der Waals surface area contributed by atoms with Crippen LogP contribution in [0.5, 0.6) is 0 Å². The number of hydrogen-bond acceptors (Lipinski definition) is 6. The number of aryl methyl sites for hydroxylation is 1. The number of H-pyrrole nitrogens is 1. The van der Waals surface area contributed by atoms with Crippen LogP contribution in [-0.2, 0) is 0 Å². The smallest absolute Gasteiger partial charge is 0.270 e. The van der Waals surface area contributed by atoms with Gasteiger partial charge in [0.25, 0.3) is 5.56 Å². The maximum atomic E-state index is 11.2. The van der Waals surface area contributed by atoms with Gasteiger partial charge < -0.3 is 4.98 Å². The van der Waals surface area contributed by atoms with Crippen molar-refractivity contribution >= 4 is 34.7 Å². The zero-order valence-electron chi connectivity index (χ0n) is 7.52. The standard InChI is InChI=1S/C7H5ClN4OS2/c1-3-11-12-7(14-3)15-6-4(8)5(13)9-2-10-6/h2H,1H3,(H,9,10,13). The fourth-order valence-corrected chi connectivity index (χ4v) is 2.78. The molecule has 1 N–H and O–H groups in total. The predicted octanol–water partition coefficient (Wildman–Crippen LogP) is 1.73. The van der Waals surface area contributed by atoms with Crippen molar-refractivity contribution in [1.29, 1.82) is 0 Å². The first-order chi connectivity index (χ1) is 7.16. The Labute approximate surface area is 97.9 Å². The van der Waals surface area contributed by atoms with Gasteiger partial charge in [-0.1, -0.05) is 22.9 Å². The van der Waals surface area contributed by atoms with Gasteiger partial charge in [-0.25, -0.2) is 4.98 Å². The molecule has 0 aliphatic rings. The molecule has 0 saturated heterocycles. The van der Waals surface area contributed by atoms with Crippen LogP contribution in [0, 0.1) is 6.92 Å². The Morgan fingerprint density at radius 2 is 2.33 bits per heavy atom. The van der Waals surface area contributed by atoms with E-state index >= 15 is 0 Å². The molecular formula is C7H5ClN4OS2. The third-order valence-electron chi connectivity index (χ3n) is 1.46. The fraction of sp³-hybridized carbons (Fsp3) is 0.143. The molecule has 0 radical (unpaired) electrons. The van der Waals surface area contributed by atoms with Crippen molar-refractivity contribution in [3.05, 3.63) is 26.7 Å². The van der Waals surface area contributed by atoms with Gasteiger partial charge in [0.1, 0.15) is 15.1 Å². The SMILES string of the molecule is Cc1nnc(Sc2nc[nH]c(=O)c2Cl)s1. The predicted molar refractivity (Wildman–Crippen MR) is 58.6 cm³/mol. The van der Waals surface area contributed by atoms with E-state index in [1.165, 1.54) is 29.4 Å². The monoisotopic (exact) mass is 260 g/mol. The summed E-state index contributed by atoms with van der Waals surface area (Å²) in [6.07, 6.45) is 1.31. The molecule has 2 aromatic heterocycles. The van der Waals surface area contributed by atoms with Crippen LogP contribution in [0.1, 0.15) is 5.01 Å². The lowest BCUT2D eigenvalue weighted by Gasteiger charge is -1.96. The molecule has 0 spiro atoms. The first kappa shape index (κ1) is 10.6. The number of nitrogens with zero attached hydrogens (tertiary/aromatic N) is 3. The van der Waals surface area contributed by atoms with Crippen molar-refractivity contribution in [2.75, 3.05) is 0 Å². The van der Waals surface area contributed by atoms with Crippen molar-refractivity contribution < 1.29 is 0 Å². The molecule has 15 heavy (non-hydrogen) atoms. The van der Waals surface area contributed by atoms with Crippen LogP contribution in [0.2, 0.25) is 5.02 Å². The Kier molecular flexibility index (Phi) is 3.03. The minimum Gasteiger partial charge on any atom is -0.312 e. The largest absolute Gasteiger partial charge is 0.312 e. The van der Waals surface area contributed by atoms with Crippen LogP contribution >= 0.6 is 34.7 Å². The van der Waals surface area contributed by atoms with Gasteiger partial charge in [-0.05, 0) is 18.7 Å². The minimum absolute atomic E-state index is 0.0790. The summed E-state index contributed by atoms with van der Waals surface area (Å²) in [6.45, 7) is 1.86. The van der Waals surface area contributed by atoms with E-state index in [4.69, 9.17) is 11.6 Å². The van der Waals surface area contributed by atoms with Gasteiger partial charge in [-0.15, -0.1) is 10.2 Å². The Bertz CT molecular complexity index is 538. The number of halogens is 1. The number of aromatic nitrogens is 4. The second-order valence-corrected chi connectivity index (χ2v) is 5.34. The highest BCUT2D eigenvalue weighted by Crippen LogP contribution is 2.30. The normalized spacial score (nSPS) is 10.5. The number of nitrogens with one attached hydrogen (secondary N) is 1. The minimum atomic E-state index is -0.351. The van der Waals surface area contributed by atoms with E-state index in [1.54, 1.807) is 0 Å². The summed E-state index contributed by atoms with van der Waals surface area (Å²) in [5.74, 6) is 0. The van der Waals surface area contributed by atoms with Crippen molar-refractivity contribution in [2.45, 2.75) is 16.3 Å². The van der Waals surface area contributed by atoms with E-state index < -0.39 is 0 Å². The zero-order valence-corrected chi connectivity index (χ0v) is 9.91. The van der Waals surface area contributed by atoms with E-state index in [9.17, 15) is 4.79 Å². The van der Waals surface area contributed by atoms with Gasteiger partial charge in [0, 0.05) is 0 Å². The van der Waals surface area contributed by atoms with E-state index in [1.807, 2.05) is 6.92 Å². The maximum Gasteiger partial charge on any atom is 0.270 e. The van der Waals surface area contributed by atoms with Gasteiger partial charge in [-0.3, -0.25) is 4.79 Å². The number of hydrogen-bond donors (Lipinski definition) is 1. The molecule has 5 nitrogen and oxygen atoms in total. The summed E-state index contributed by atoms with van der Waals surface area (Å²) in [7, 11) is 0. The maximum absolute atomic E-state index is 11.2. The van der Waals surface area contributed by atoms with E-state index in [0.717, 1.165) is 5.01 Å². The molecule has 2 aromatic rings. The molecule has 2 rings (SSSR count). The van der Waals surface area contributed by atoms with E-state index in [0.29, 0.717) is 9.37 Å². The molecule has 0 saturated carbocycles. The summed E-state index contributed by atoms with van der Waals surface area (Å²) in [5.41, 5.74) is -0.351. The Hall–Kier alpha value is -0.920. The molecule has 0 amide bonds. The third kappa shape index (κ3) is 2.36. The van der Waals surface area contributed by atoms with Crippen LogP contribution in [0.3, 0.4) is 0 Å². The van der Waals surface area contributed by atoms with Crippen LogP contribution in [-0.4, -0.2) is 20.2 Å². The highest BCUT2D eigenvalue weighted by atomic mass is 35.5. The summed E-state index contributed by atoms with van der Waals surface area (Å²) in [6, 6.07) is 0. The molecule has 0 aliphatic heterocycles. The van der Waals surface area contributed by atoms with Gasteiger partial charge in [0.15, 0.2) is 4.34 Å². The quantitative estimate of drug-likeness (QED) is 0.833. The van der Waals surface area contributed by atoms with Crippen LogP contribution in [0.4, 0.5) is 0 Å². The average Bonchev–Trinajstić information content (AvgIpc) is 2.59. The lowest BCUT2D eigenvalue weighted by atomic mass is 10.7. The van der Waals surface area contributed by atoms with Gasteiger partial charge in [0.05, 0.1) is 6.33 Å². The van der Waals surface area contributed by atoms with Crippen molar-refractivity contribution in [1.82, 2.24) is 20.2 Å². The van der Waals surface area contributed by atoms with Crippen LogP contribution in [0.15, 0.2) is 20.5 Å². The second kappa shape index (κ2) is 4.30. The first-order valence-electron chi connectivity index (χ1n) is 3.88. The highest BCUT2D eigenvalue weighted by molar-refractivity contribution is 8.01. The number of rotatable bonds is 2. The van der Waals surface area contributed by atoms with Gasteiger partial charge in [0.2, 0.25) is 0 Å². The molecule has 0 aliphatic carbocycles. The molecule has 0 bridgehead atoms. The lowest BCUT2D eigenvalue weighted by molar-refractivity contribution is 0.973. The fourth-order valence-electron chi connectivity index (χ4n) is 0.840. The zero-order chi connectivity index (χ0) is 10.8. The molecule has 78 valence electrons. The highest BCUT2D eigenvalue weighted by Gasteiger charge is 2.10. The van der Waals surface area contributed by atoms with E-state index in [-0.39, 0.29) is 10.6 Å². The summed E-state index contributed by atoms with van der Waals surface area (Å²) >= 11 is 8.44. The summed E-state index contributed by atoms with van der Waals surface area (Å²) in [5, 5.41) is 9.14.